The molecule has 0 N–H and O–H groups in total. The molecule has 148 valence electrons. The highest BCUT2D eigenvalue weighted by Crippen LogP contribution is 2.41. The predicted molar refractivity (Wildman–Crippen MR) is 113 cm³/mol. The van der Waals surface area contributed by atoms with Crippen molar-refractivity contribution in [1.82, 2.24) is 5.01 Å². The summed E-state index contributed by atoms with van der Waals surface area (Å²) in [4.78, 5) is 13.5. The summed E-state index contributed by atoms with van der Waals surface area (Å²) in [5, 5.41) is 3.73. The van der Waals surface area contributed by atoms with Gasteiger partial charge in [0.05, 0.1) is 25.8 Å². The lowest BCUT2D eigenvalue weighted by molar-refractivity contribution is -0.121. The number of benzene rings is 3. The molecular weight excluding hydrogens is 364 g/mol. The molecule has 3 aromatic rings. The maximum absolute atomic E-state index is 13.5. The Morgan fingerprint density at radius 1 is 0.897 bits per heavy atom. The fourth-order valence-electron chi connectivity index (χ4n) is 3.93. The van der Waals surface area contributed by atoms with Crippen molar-refractivity contribution in [3.63, 3.8) is 0 Å². The molecule has 0 bridgehead atoms. The van der Waals surface area contributed by atoms with E-state index >= 15 is 0 Å². The van der Waals surface area contributed by atoms with Crippen LogP contribution in [0.25, 0.3) is 0 Å². The highest BCUT2D eigenvalue weighted by molar-refractivity contribution is 6.06. The quantitative estimate of drug-likeness (QED) is 0.634. The van der Waals surface area contributed by atoms with Crippen LogP contribution in [-0.2, 0) is 11.3 Å². The number of carbonyl (C=O) groups is 1. The number of anilines is 1. The van der Waals surface area contributed by atoms with Crippen molar-refractivity contribution in [2.24, 2.45) is 0 Å². The number of carbonyl (C=O) groups excluding carboxylic acids is 1. The van der Waals surface area contributed by atoms with Gasteiger partial charge in [0.1, 0.15) is 0 Å². The zero-order valence-corrected chi connectivity index (χ0v) is 16.8. The first kappa shape index (κ1) is 19.0. The number of hydrogen-bond acceptors (Lipinski definition) is 4. The first-order chi connectivity index (χ1) is 14.1. The van der Waals surface area contributed by atoms with Gasteiger partial charge in [-0.3, -0.25) is 4.79 Å². The average molecular weight is 388 g/mol. The predicted octanol–water partition coefficient (Wildman–Crippen LogP) is 4.23. The number of hydrazine groups is 1. The van der Waals surface area contributed by atoms with E-state index in [9.17, 15) is 4.79 Å². The fourth-order valence-corrected chi connectivity index (χ4v) is 3.93. The summed E-state index contributed by atoms with van der Waals surface area (Å²) in [6, 6.07) is 23.7. The molecule has 0 aromatic heterocycles. The molecule has 1 amide bonds. The van der Waals surface area contributed by atoms with Gasteiger partial charge in [0.2, 0.25) is 0 Å². The van der Waals surface area contributed by atoms with Gasteiger partial charge in [-0.05, 0) is 34.9 Å². The van der Waals surface area contributed by atoms with Crippen molar-refractivity contribution in [2.75, 3.05) is 26.3 Å². The van der Waals surface area contributed by atoms with Gasteiger partial charge < -0.3 is 9.47 Å². The first-order valence-electron chi connectivity index (χ1n) is 9.54. The molecule has 0 radical (unpaired) electrons. The molecule has 3 aromatic carbocycles. The number of fused-ring (bicyclic) bond motifs is 1. The van der Waals surface area contributed by atoms with Crippen LogP contribution in [0.1, 0.15) is 22.6 Å². The number of ether oxygens (including phenoxy) is 2. The zero-order valence-electron chi connectivity index (χ0n) is 16.8. The highest BCUT2D eigenvalue weighted by Gasteiger charge is 2.40. The third-order valence-corrected chi connectivity index (χ3v) is 5.27. The highest BCUT2D eigenvalue weighted by atomic mass is 16.5. The minimum absolute atomic E-state index is 0.0559. The van der Waals surface area contributed by atoms with E-state index in [0.29, 0.717) is 18.0 Å². The second-order valence-electron chi connectivity index (χ2n) is 7.06. The van der Waals surface area contributed by atoms with Crippen LogP contribution in [0, 0.1) is 0 Å². The fraction of sp³-hybridized carbons (Fsp3) is 0.208. The molecule has 1 heterocycles. The van der Waals surface area contributed by atoms with Crippen molar-refractivity contribution in [2.45, 2.75) is 12.5 Å². The standard InChI is InChI=1S/C24H24N2O3/c1-25(16-17-13-14-21(28-2)22(15-17)29-3)26-20-12-8-7-11-19(20)23(24(26)27)18-9-5-4-6-10-18/h4-15,23H,16H2,1-3H3/t23-/m1/s1. The van der Waals surface area contributed by atoms with Crippen LogP contribution in [0.4, 0.5) is 5.69 Å². The summed E-state index contributed by atoms with van der Waals surface area (Å²) in [5.74, 6) is 1.12. The third-order valence-electron chi connectivity index (χ3n) is 5.27. The average Bonchev–Trinajstić information content (AvgIpc) is 3.06. The van der Waals surface area contributed by atoms with Crippen LogP contribution < -0.4 is 14.5 Å². The van der Waals surface area contributed by atoms with Crippen molar-refractivity contribution in [3.05, 3.63) is 89.5 Å². The maximum atomic E-state index is 13.5. The molecule has 0 saturated carbocycles. The Labute approximate surface area is 171 Å². The van der Waals surface area contributed by atoms with Gasteiger partial charge in [-0.1, -0.05) is 54.6 Å². The monoisotopic (exact) mass is 388 g/mol. The number of rotatable bonds is 6. The minimum atomic E-state index is -0.291. The van der Waals surface area contributed by atoms with Crippen LogP contribution in [0.2, 0.25) is 0 Å². The van der Waals surface area contributed by atoms with E-state index in [1.807, 2.05) is 84.9 Å². The molecule has 0 saturated heterocycles. The van der Waals surface area contributed by atoms with Gasteiger partial charge in [0, 0.05) is 13.6 Å². The first-order valence-corrected chi connectivity index (χ1v) is 9.54. The van der Waals surface area contributed by atoms with Gasteiger partial charge in [0.15, 0.2) is 11.5 Å². The molecular formula is C24H24N2O3. The van der Waals surface area contributed by atoms with Gasteiger partial charge in [0.25, 0.3) is 5.91 Å². The molecule has 0 aliphatic carbocycles. The Morgan fingerprint density at radius 2 is 1.59 bits per heavy atom. The molecule has 5 heteroatoms. The Hall–Kier alpha value is -3.31. The van der Waals surface area contributed by atoms with E-state index in [1.54, 1.807) is 19.2 Å². The van der Waals surface area contributed by atoms with Gasteiger partial charge in [-0.25, -0.2) is 10.0 Å². The summed E-state index contributed by atoms with van der Waals surface area (Å²) in [5.41, 5.74) is 3.99. The lowest BCUT2D eigenvalue weighted by Gasteiger charge is -2.29. The van der Waals surface area contributed by atoms with Gasteiger partial charge in [-0.2, -0.15) is 0 Å². The second kappa shape index (κ2) is 7.97. The SMILES string of the molecule is COc1ccc(CN(C)N2C(=O)[C@H](c3ccccc3)c3ccccc32)cc1OC. The van der Waals surface area contributed by atoms with Crippen molar-refractivity contribution in [3.8, 4) is 11.5 Å². The lowest BCUT2D eigenvalue weighted by atomic mass is 9.93. The molecule has 29 heavy (non-hydrogen) atoms. The number of amides is 1. The van der Waals surface area contributed by atoms with Crippen LogP contribution in [0.5, 0.6) is 11.5 Å². The summed E-state index contributed by atoms with van der Waals surface area (Å²) in [6.07, 6.45) is 0. The molecule has 0 fully saturated rings. The molecule has 0 spiro atoms. The van der Waals surface area contributed by atoms with Crippen LogP contribution >= 0.6 is 0 Å². The molecule has 1 aliphatic heterocycles. The normalized spacial score (nSPS) is 15.5. The van der Waals surface area contributed by atoms with Gasteiger partial charge >= 0.3 is 0 Å². The van der Waals surface area contributed by atoms with Crippen molar-refractivity contribution in [1.29, 1.82) is 0 Å². The summed E-state index contributed by atoms with van der Waals surface area (Å²) >= 11 is 0. The van der Waals surface area contributed by atoms with Crippen LogP contribution in [0.15, 0.2) is 72.8 Å². The number of nitrogens with zero attached hydrogens (tertiary/aromatic N) is 2. The molecule has 0 unspecified atom stereocenters. The number of para-hydroxylation sites is 1. The Balaban J connectivity index is 1.65. The molecule has 1 atom stereocenters. The van der Waals surface area contributed by atoms with Crippen LogP contribution in [0.3, 0.4) is 0 Å². The Morgan fingerprint density at radius 3 is 2.31 bits per heavy atom. The minimum Gasteiger partial charge on any atom is -0.493 e. The van der Waals surface area contributed by atoms with E-state index in [-0.39, 0.29) is 11.8 Å². The largest absolute Gasteiger partial charge is 0.493 e. The van der Waals surface area contributed by atoms with E-state index in [1.165, 1.54) is 0 Å². The number of hydrogen-bond donors (Lipinski definition) is 0. The second-order valence-corrected chi connectivity index (χ2v) is 7.06. The number of methoxy groups -OCH3 is 2. The molecule has 1 aliphatic rings. The van der Waals surface area contributed by atoms with Crippen LogP contribution in [-0.4, -0.2) is 32.2 Å². The van der Waals surface area contributed by atoms with Crippen molar-refractivity contribution >= 4 is 11.6 Å². The Bertz CT molecular complexity index is 1020. The summed E-state index contributed by atoms with van der Waals surface area (Å²) < 4.78 is 10.7. The van der Waals surface area contributed by atoms with E-state index in [2.05, 4.69) is 0 Å². The zero-order chi connectivity index (χ0) is 20.4. The van der Waals surface area contributed by atoms with E-state index in [4.69, 9.17) is 9.47 Å². The van der Waals surface area contributed by atoms with E-state index < -0.39 is 0 Å². The van der Waals surface area contributed by atoms with E-state index in [0.717, 1.165) is 22.4 Å². The van der Waals surface area contributed by atoms with Gasteiger partial charge in [-0.15, -0.1) is 0 Å². The molecule has 5 nitrogen and oxygen atoms in total. The Kier molecular flexibility index (Phi) is 5.23. The third kappa shape index (κ3) is 3.45. The topological polar surface area (TPSA) is 42.0 Å². The summed E-state index contributed by atoms with van der Waals surface area (Å²) in [7, 11) is 5.17. The van der Waals surface area contributed by atoms with Crippen molar-refractivity contribution < 1.29 is 14.3 Å². The lowest BCUT2D eigenvalue weighted by Crippen LogP contribution is -2.42. The molecule has 4 rings (SSSR count). The smallest absolute Gasteiger partial charge is 0.253 e. The summed E-state index contributed by atoms with van der Waals surface area (Å²) in [6.45, 7) is 0.557. The maximum Gasteiger partial charge on any atom is 0.253 e.